The van der Waals surface area contributed by atoms with Crippen LogP contribution in [0.15, 0.2) is 10.8 Å². The van der Waals surface area contributed by atoms with Crippen molar-refractivity contribution < 1.29 is 4.52 Å². The van der Waals surface area contributed by atoms with E-state index in [0.717, 1.165) is 37.3 Å². The zero-order chi connectivity index (χ0) is 13.4. The van der Waals surface area contributed by atoms with E-state index in [9.17, 15) is 0 Å². The second-order valence-electron chi connectivity index (χ2n) is 6.80. The quantitative estimate of drug-likeness (QED) is 0.876. The second-order valence-corrected chi connectivity index (χ2v) is 6.80. The van der Waals surface area contributed by atoms with Gasteiger partial charge in [-0.2, -0.15) is 0 Å². The van der Waals surface area contributed by atoms with E-state index in [1.807, 2.05) is 0 Å². The molecule has 2 rings (SSSR count). The molecular formula is C14H25N3O. The van der Waals surface area contributed by atoms with Gasteiger partial charge in [0.25, 0.3) is 0 Å². The smallest absolute Gasteiger partial charge is 0.127 e. The molecule has 1 aromatic rings. The Morgan fingerprint density at radius 2 is 2.06 bits per heavy atom. The van der Waals surface area contributed by atoms with Crippen LogP contribution in [0.3, 0.4) is 0 Å². The SMILES string of the molecule is Cc1conc1CN1CCC(C)(C)NC(C)(C)C1. The maximum Gasteiger partial charge on any atom is 0.127 e. The number of hydrogen-bond acceptors (Lipinski definition) is 4. The van der Waals surface area contributed by atoms with Crippen LogP contribution in [-0.2, 0) is 6.54 Å². The summed E-state index contributed by atoms with van der Waals surface area (Å²) in [6, 6.07) is 0. The maximum absolute atomic E-state index is 5.02. The Balaban J connectivity index is 2.08. The van der Waals surface area contributed by atoms with Crippen LogP contribution in [-0.4, -0.2) is 34.2 Å². The van der Waals surface area contributed by atoms with E-state index in [0.29, 0.717) is 0 Å². The van der Waals surface area contributed by atoms with Crippen molar-refractivity contribution in [3.63, 3.8) is 0 Å². The van der Waals surface area contributed by atoms with Gasteiger partial charge in [0, 0.05) is 36.3 Å². The van der Waals surface area contributed by atoms with Gasteiger partial charge in [0.15, 0.2) is 0 Å². The van der Waals surface area contributed by atoms with Crippen LogP contribution in [0, 0.1) is 6.92 Å². The largest absolute Gasteiger partial charge is 0.364 e. The lowest BCUT2D eigenvalue weighted by Gasteiger charge is -2.34. The van der Waals surface area contributed by atoms with Crippen molar-refractivity contribution >= 4 is 0 Å². The van der Waals surface area contributed by atoms with E-state index < -0.39 is 0 Å². The highest BCUT2D eigenvalue weighted by atomic mass is 16.5. The van der Waals surface area contributed by atoms with Crippen molar-refractivity contribution in [3.05, 3.63) is 17.5 Å². The van der Waals surface area contributed by atoms with Crippen LogP contribution in [0.5, 0.6) is 0 Å². The van der Waals surface area contributed by atoms with Gasteiger partial charge in [-0.3, -0.25) is 4.90 Å². The van der Waals surface area contributed by atoms with E-state index in [1.54, 1.807) is 6.26 Å². The van der Waals surface area contributed by atoms with Gasteiger partial charge < -0.3 is 9.84 Å². The molecule has 4 heteroatoms. The standard InChI is InChI=1S/C14H25N3O/c1-11-9-18-15-12(11)8-17-7-6-13(2,3)16-14(4,5)10-17/h9,16H,6-8,10H2,1-5H3. The van der Waals surface area contributed by atoms with Crippen LogP contribution in [0.4, 0.5) is 0 Å². The third-order valence-electron chi connectivity index (χ3n) is 3.57. The van der Waals surface area contributed by atoms with Crippen LogP contribution >= 0.6 is 0 Å². The summed E-state index contributed by atoms with van der Waals surface area (Å²) < 4.78 is 5.02. The number of rotatable bonds is 2. The molecule has 1 fully saturated rings. The number of nitrogens with zero attached hydrogens (tertiary/aromatic N) is 2. The molecule has 1 aliphatic heterocycles. The molecule has 0 aliphatic carbocycles. The van der Waals surface area contributed by atoms with Gasteiger partial charge in [0.1, 0.15) is 12.0 Å². The first-order chi connectivity index (χ1) is 8.27. The van der Waals surface area contributed by atoms with E-state index in [-0.39, 0.29) is 11.1 Å². The van der Waals surface area contributed by atoms with Crippen LogP contribution in [0.1, 0.15) is 45.4 Å². The van der Waals surface area contributed by atoms with Crippen LogP contribution < -0.4 is 5.32 Å². The Hall–Kier alpha value is -0.870. The molecule has 0 saturated carbocycles. The van der Waals surface area contributed by atoms with Crippen molar-refractivity contribution in [1.82, 2.24) is 15.4 Å². The van der Waals surface area contributed by atoms with Gasteiger partial charge in [-0.25, -0.2) is 0 Å². The first kappa shape index (κ1) is 13.6. The van der Waals surface area contributed by atoms with E-state index in [1.165, 1.54) is 0 Å². The summed E-state index contributed by atoms with van der Waals surface area (Å²) in [7, 11) is 0. The molecule has 1 aromatic heterocycles. The number of hydrogen-bond donors (Lipinski definition) is 1. The molecule has 0 atom stereocenters. The molecule has 1 N–H and O–H groups in total. The van der Waals surface area contributed by atoms with Gasteiger partial charge in [0.05, 0.1) is 0 Å². The van der Waals surface area contributed by atoms with Crippen LogP contribution in [0.2, 0.25) is 0 Å². The third kappa shape index (κ3) is 3.33. The molecule has 0 spiro atoms. The van der Waals surface area contributed by atoms with Gasteiger partial charge in [-0.1, -0.05) is 5.16 Å². The summed E-state index contributed by atoms with van der Waals surface area (Å²) in [4.78, 5) is 2.46. The fourth-order valence-corrected chi connectivity index (χ4v) is 2.90. The summed E-state index contributed by atoms with van der Waals surface area (Å²) in [5, 5.41) is 7.82. The molecule has 0 aromatic carbocycles. The summed E-state index contributed by atoms with van der Waals surface area (Å²) in [6.07, 6.45) is 2.87. The van der Waals surface area contributed by atoms with Crippen LogP contribution in [0.25, 0.3) is 0 Å². The molecule has 1 aliphatic rings. The number of aromatic nitrogens is 1. The summed E-state index contributed by atoms with van der Waals surface area (Å²) in [6.45, 7) is 14.1. The molecule has 4 nitrogen and oxygen atoms in total. The second kappa shape index (κ2) is 4.67. The zero-order valence-electron chi connectivity index (χ0n) is 12.2. The number of nitrogens with one attached hydrogen (secondary N) is 1. The van der Waals surface area contributed by atoms with E-state index in [4.69, 9.17) is 4.52 Å². The van der Waals surface area contributed by atoms with Gasteiger partial charge in [-0.05, 0) is 41.0 Å². The molecule has 0 unspecified atom stereocenters. The Bertz CT molecular complexity index is 409. The average molecular weight is 251 g/mol. The predicted molar refractivity (Wildman–Crippen MR) is 72.4 cm³/mol. The lowest BCUT2D eigenvalue weighted by Crippen LogP contribution is -2.53. The Morgan fingerprint density at radius 1 is 1.33 bits per heavy atom. The third-order valence-corrected chi connectivity index (χ3v) is 3.57. The monoisotopic (exact) mass is 251 g/mol. The van der Waals surface area contributed by atoms with Gasteiger partial charge in [0.2, 0.25) is 0 Å². The van der Waals surface area contributed by atoms with Crippen molar-refractivity contribution in [1.29, 1.82) is 0 Å². The van der Waals surface area contributed by atoms with Crippen molar-refractivity contribution in [2.24, 2.45) is 0 Å². The summed E-state index contributed by atoms with van der Waals surface area (Å²) in [5.41, 5.74) is 2.52. The first-order valence-electron chi connectivity index (χ1n) is 6.69. The molecule has 0 radical (unpaired) electrons. The zero-order valence-corrected chi connectivity index (χ0v) is 12.2. The summed E-state index contributed by atoms with van der Waals surface area (Å²) in [5.74, 6) is 0. The molecule has 2 heterocycles. The normalized spacial score (nSPS) is 23.8. The predicted octanol–water partition coefficient (Wildman–Crippen LogP) is 2.34. The molecule has 1 saturated heterocycles. The highest BCUT2D eigenvalue weighted by molar-refractivity contribution is 5.12. The minimum absolute atomic E-state index is 0.123. The lowest BCUT2D eigenvalue weighted by molar-refractivity contribution is 0.213. The first-order valence-corrected chi connectivity index (χ1v) is 6.69. The highest BCUT2D eigenvalue weighted by Crippen LogP contribution is 2.22. The molecule has 102 valence electrons. The topological polar surface area (TPSA) is 41.3 Å². The molecule has 0 amide bonds. The minimum Gasteiger partial charge on any atom is -0.364 e. The van der Waals surface area contributed by atoms with Gasteiger partial charge in [-0.15, -0.1) is 0 Å². The molecular weight excluding hydrogens is 226 g/mol. The fourth-order valence-electron chi connectivity index (χ4n) is 2.90. The number of aryl methyl sites for hydroxylation is 1. The average Bonchev–Trinajstić information content (AvgIpc) is 2.54. The Morgan fingerprint density at radius 3 is 2.67 bits per heavy atom. The van der Waals surface area contributed by atoms with E-state index >= 15 is 0 Å². The lowest BCUT2D eigenvalue weighted by atomic mass is 9.96. The Labute approximate surface area is 110 Å². The van der Waals surface area contributed by atoms with E-state index in [2.05, 4.69) is 50.0 Å². The molecule has 18 heavy (non-hydrogen) atoms. The minimum atomic E-state index is 0.123. The van der Waals surface area contributed by atoms with Crippen molar-refractivity contribution in [3.8, 4) is 0 Å². The maximum atomic E-state index is 5.02. The highest BCUT2D eigenvalue weighted by Gasteiger charge is 2.33. The molecule has 0 bridgehead atoms. The Kier molecular flexibility index (Phi) is 3.52. The van der Waals surface area contributed by atoms with Crippen molar-refractivity contribution in [2.75, 3.05) is 13.1 Å². The van der Waals surface area contributed by atoms with Gasteiger partial charge >= 0.3 is 0 Å². The summed E-state index contributed by atoms with van der Waals surface area (Å²) >= 11 is 0. The fraction of sp³-hybridized carbons (Fsp3) is 0.786. The van der Waals surface area contributed by atoms with Crippen molar-refractivity contribution in [2.45, 2.75) is 58.7 Å².